The Hall–Kier alpha value is -2.60. The Morgan fingerprint density at radius 2 is 2.05 bits per heavy atom. The highest BCUT2D eigenvalue weighted by molar-refractivity contribution is 6.30. The Labute approximate surface area is 131 Å². The highest BCUT2D eigenvalue weighted by Gasteiger charge is 2.11. The first-order valence-electron chi connectivity index (χ1n) is 6.45. The Balaban J connectivity index is 2.01. The first kappa shape index (κ1) is 14.3. The smallest absolute Gasteiger partial charge is 0.164 e. The fourth-order valence-corrected chi connectivity index (χ4v) is 2.03. The van der Waals surface area contributed by atoms with Crippen molar-refractivity contribution in [1.29, 1.82) is 0 Å². The maximum Gasteiger partial charge on any atom is 0.164 e. The number of hydrogen-bond acceptors (Lipinski definition) is 5. The van der Waals surface area contributed by atoms with Crippen LogP contribution in [0.4, 0.5) is 16.0 Å². The summed E-state index contributed by atoms with van der Waals surface area (Å²) in [4.78, 5) is 16.4. The van der Waals surface area contributed by atoms with Crippen LogP contribution < -0.4 is 5.32 Å². The number of benzene rings is 1. The summed E-state index contributed by atoms with van der Waals surface area (Å²) in [6, 6.07) is 5.98. The van der Waals surface area contributed by atoms with Crippen LogP contribution in [0.1, 0.15) is 5.56 Å². The zero-order chi connectivity index (χ0) is 15.5. The average molecular weight is 316 g/mol. The molecule has 5 nitrogen and oxygen atoms in total. The Kier molecular flexibility index (Phi) is 3.93. The van der Waals surface area contributed by atoms with Gasteiger partial charge < -0.3 is 5.32 Å². The third kappa shape index (κ3) is 3.01. The van der Waals surface area contributed by atoms with Gasteiger partial charge in [0.1, 0.15) is 23.8 Å². The van der Waals surface area contributed by atoms with Crippen molar-refractivity contribution < 1.29 is 4.39 Å². The van der Waals surface area contributed by atoms with Crippen molar-refractivity contribution in [3.8, 4) is 11.4 Å². The van der Waals surface area contributed by atoms with Crippen LogP contribution in [0.25, 0.3) is 11.4 Å². The number of nitrogens with zero attached hydrogens (tertiary/aromatic N) is 4. The van der Waals surface area contributed by atoms with E-state index in [9.17, 15) is 4.39 Å². The molecule has 22 heavy (non-hydrogen) atoms. The van der Waals surface area contributed by atoms with E-state index in [1.54, 1.807) is 18.5 Å². The number of aromatic nitrogens is 4. The van der Waals surface area contributed by atoms with Gasteiger partial charge in [-0.15, -0.1) is 0 Å². The third-order valence-corrected chi connectivity index (χ3v) is 3.20. The molecule has 1 N–H and O–H groups in total. The standard InChI is InChI=1S/C15H11ClFN5/c1-9-7-19-15(11-6-10(16)2-3-12(11)17)22-14(9)21-13-4-5-18-8-20-13/h2-8H,1H3,(H,18,19,20,21,22). The second-order valence-electron chi connectivity index (χ2n) is 4.57. The SMILES string of the molecule is Cc1cnc(-c2cc(Cl)ccc2F)nc1Nc1ccncn1. The minimum atomic E-state index is -0.429. The predicted octanol–water partition coefficient (Wildman–Crippen LogP) is 3.78. The van der Waals surface area contributed by atoms with Crippen LogP contribution in [0.5, 0.6) is 0 Å². The zero-order valence-electron chi connectivity index (χ0n) is 11.6. The molecule has 0 bridgehead atoms. The van der Waals surface area contributed by atoms with E-state index >= 15 is 0 Å². The molecule has 0 aliphatic carbocycles. The van der Waals surface area contributed by atoms with Gasteiger partial charge in [-0.25, -0.2) is 24.3 Å². The summed E-state index contributed by atoms with van der Waals surface area (Å²) in [6.45, 7) is 1.85. The summed E-state index contributed by atoms with van der Waals surface area (Å²) >= 11 is 5.91. The highest BCUT2D eigenvalue weighted by Crippen LogP contribution is 2.25. The van der Waals surface area contributed by atoms with Crippen LogP contribution in [-0.4, -0.2) is 19.9 Å². The van der Waals surface area contributed by atoms with E-state index < -0.39 is 5.82 Å². The van der Waals surface area contributed by atoms with Gasteiger partial charge >= 0.3 is 0 Å². The Bertz CT molecular complexity index is 810. The second-order valence-corrected chi connectivity index (χ2v) is 5.01. The van der Waals surface area contributed by atoms with Crippen LogP contribution in [0, 0.1) is 12.7 Å². The molecule has 2 heterocycles. The van der Waals surface area contributed by atoms with Gasteiger partial charge in [0.25, 0.3) is 0 Å². The predicted molar refractivity (Wildman–Crippen MR) is 82.5 cm³/mol. The lowest BCUT2D eigenvalue weighted by Crippen LogP contribution is -2.02. The number of hydrogen-bond donors (Lipinski definition) is 1. The van der Waals surface area contributed by atoms with Gasteiger partial charge in [0.05, 0.1) is 5.56 Å². The van der Waals surface area contributed by atoms with Crippen molar-refractivity contribution >= 4 is 23.2 Å². The molecule has 0 saturated carbocycles. The van der Waals surface area contributed by atoms with Crippen molar-refractivity contribution in [3.05, 3.63) is 59.4 Å². The topological polar surface area (TPSA) is 63.6 Å². The van der Waals surface area contributed by atoms with E-state index in [1.807, 2.05) is 6.92 Å². The average Bonchev–Trinajstić information content (AvgIpc) is 2.53. The number of rotatable bonds is 3. The van der Waals surface area contributed by atoms with Gasteiger partial charge in [-0.2, -0.15) is 0 Å². The molecule has 0 amide bonds. The molecule has 0 fully saturated rings. The molecule has 0 saturated heterocycles. The zero-order valence-corrected chi connectivity index (χ0v) is 12.3. The Morgan fingerprint density at radius 1 is 1.18 bits per heavy atom. The summed E-state index contributed by atoms with van der Waals surface area (Å²) in [5.74, 6) is 0.959. The molecule has 0 aliphatic rings. The molecule has 0 unspecified atom stereocenters. The minimum Gasteiger partial charge on any atom is -0.325 e. The van der Waals surface area contributed by atoms with Gasteiger partial charge in [-0.3, -0.25) is 0 Å². The third-order valence-electron chi connectivity index (χ3n) is 2.97. The normalized spacial score (nSPS) is 10.5. The molecular formula is C15H11ClFN5. The highest BCUT2D eigenvalue weighted by atomic mass is 35.5. The molecule has 3 aromatic rings. The summed E-state index contributed by atoms with van der Waals surface area (Å²) in [6.07, 6.45) is 4.66. The minimum absolute atomic E-state index is 0.248. The van der Waals surface area contributed by atoms with Gasteiger partial charge in [0.2, 0.25) is 0 Å². The lowest BCUT2D eigenvalue weighted by Gasteiger charge is -2.09. The van der Waals surface area contributed by atoms with E-state index in [1.165, 1.54) is 24.5 Å². The van der Waals surface area contributed by atoms with Crippen molar-refractivity contribution in [2.24, 2.45) is 0 Å². The lowest BCUT2D eigenvalue weighted by atomic mass is 10.2. The molecular weight excluding hydrogens is 305 g/mol. The van der Waals surface area contributed by atoms with Crippen molar-refractivity contribution in [3.63, 3.8) is 0 Å². The number of anilines is 2. The molecule has 0 aliphatic heterocycles. The first-order chi connectivity index (χ1) is 10.6. The lowest BCUT2D eigenvalue weighted by molar-refractivity contribution is 0.630. The summed E-state index contributed by atoms with van der Waals surface area (Å²) in [7, 11) is 0. The first-order valence-corrected chi connectivity index (χ1v) is 6.83. The van der Waals surface area contributed by atoms with Crippen LogP contribution >= 0.6 is 11.6 Å². The molecule has 0 atom stereocenters. The number of aryl methyl sites for hydroxylation is 1. The molecule has 3 rings (SSSR count). The quantitative estimate of drug-likeness (QED) is 0.797. The summed E-state index contributed by atoms with van der Waals surface area (Å²) in [5, 5.41) is 3.48. The molecule has 2 aromatic heterocycles. The fourth-order valence-electron chi connectivity index (χ4n) is 1.85. The van der Waals surface area contributed by atoms with Gasteiger partial charge in [-0.1, -0.05) is 11.6 Å². The second kappa shape index (κ2) is 6.03. The Morgan fingerprint density at radius 3 is 2.82 bits per heavy atom. The van der Waals surface area contributed by atoms with Crippen molar-refractivity contribution in [1.82, 2.24) is 19.9 Å². The van der Waals surface area contributed by atoms with Crippen LogP contribution in [0.3, 0.4) is 0 Å². The summed E-state index contributed by atoms with van der Waals surface area (Å²) in [5.41, 5.74) is 1.06. The van der Waals surface area contributed by atoms with E-state index in [0.717, 1.165) is 5.56 Å². The molecule has 0 radical (unpaired) electrons. The van der Waals surface area contributed by atoms with E-state index in [2.05, 4.69) is 25.3 Å². The van der Waals surface area contributed by atoms with Gasteiger partial charge in [-0.05, 0) is 31.2 Å². The van der Waals surface area contributed by atoms with E-state index in [4.69, 9.17) is 11.6 Å². The largest absolute Gasteiger partial charge is 0.325 e. The monoisotopic (exact) mass is 315 g/mol. The van der Waals surface area contributed by atoms with E-state index in [-0.39, 0.29) is 11.4 Å². The fraction of sp³-hybridized carbons (Fsp3) is 0.0667. The molecule has 0 spiro atoms. The number of nitrogens with one attached hydrogen (secondary N) is 1. The van der Waals surface area contributed by atoms with Crippen LogP contribution in [0.2, 0.25) is 5.02 Å². The summed E-state index contributed by atoms with van der Waals surface area (Å²) < 4.78 is 13.9. The number of halogens is 2. The van der Waals surface area contributed by atoms with Crippen molar-refractivity contribution in [2.75, 3.05) is 5.32 Å². The van der Waals surface area contributed by atoms with Crippen LogP contribution in [0.15, 0.2) is 43.0 Å². The van der Waals surface area contributed by atoms with Crippen molar-refractivity contribution in [2.45, 2.75) is 6.92 Å². The van der Waals surface area contributed by atoms with Crippen LogP contribution in [-0.2, 0) is 0 Å². The molecule has 110 valence electrons. The molecule has 7 heteroatoms. The van der Waals surface area contributed by atoms with Gasteiger partial charge in [0.15, 0.2) is 5.82 Å². The van der Waals surface area contributed by atoms with E-state index in [0.29, 0.717) is 16.7 Å². The maximum atomic E-state index is 13.9. The molecule has 1 aromatic carbocycles. The van der Waals surface area contributed by atoms with Gasteiger partial charge in [0, 0.05) is 23.0 Å². The maximum absolute atomic E-state index is 13.9.